The van der Waals surface area contributed by atoms with Gasteiger partial charge >= 0.3 is 0 Å². The maximum atomic E-state index is 4.77. The average molecular weight is 267 g/mol. The van der Waals surface area contributed by atoms with Gasteiger partial charge in [0.05, 0.1) is 10.7 Å². The molecule has 1 aromatic heterocycles. The monoisotopic (exact) mass is 267 g/mol. The van der Waals surface area contributed by atoms with Crippen molar-refractivity contribution in [1.82, 2.24) is 15.2 Å². The minimum atomic E-state index is 0.164. The molecule has 0 spiro atoms. The van der Waals surface area contributed by atoms with Crippen LogP contribution < -0.4 is 5.32 Å². The first kappa shape index (κ1) is 14.0. The molecule has 1 unspecified atom stereocenters. The van der Waals surface area contributed by atoms with Crippen molar-refractivity contribution in [2.75, 3.05) is 26.2 Å². The number of hydrogen-bond donors (Lipinski definition) is 1. The summed E-state index contributed by atoms with van der Waals surface area (Å²) in [6.45, 7) is 15.7. The molecule has 0 saturated carbocycles. The Hall–Kier alpha value is -0.450. The molecule has 1 atom stereocenters. The minimum absolute atomic E-state index is 0.164. The van der Waals surface area contributed by atoms with Gasteiger partial charge in [-0.25, -0.2) is 4.98 Å². The fraction of sp³-hybridized carbons (Fsp3) is 0.786. The Morgan fingerprint density at radius 1 is 1.28 bits per heavy atom. The van der Waals surface area contributed by atoms with Crippen LogP contribution in [0.1, 0.15) is 49.3 Å². The fourth-order valence-corrected chi connectivity index (χ4v) is 3.56. The molecule has 0 bridgehead atoms. The molecule has 2 rings (SSSR count). The predicted octanol–water partition coefficient (Wildman–Crippen LogP) is 2.72. The first-order valence-corrected chi connectivity index (χ1v) is 7.64. The van der Waals surface area contributed by atoms with Gasteiger partial charge in [0.25, 0.3) is 0 Å². The third-order valence-electron chi connectivity index (χ3n) is 3.55. The van der Waals surface area contributed by atoms with Crippen LogP contribution >= 0.6 is 11.3 Å². The van der Waals surface area contributed by atoms with Gasteiger partial charge in [0.1, 0.15) is 0 Å². The van der Waals surface area contributed by atoms with Gasteiger partial charge in [0, 0.05) is 42.5 Å². The van der Waals surface area contributed by atoms with E-state index in [0.29, 0.717) is 6.04 Å². The summed E-state index contributed by atoms with van der Waals surface area (Å²) in [5.41, 5.74) is 1.38. The van der Waals surface area contributed by atoms with Crippen molar-refractivity contribution in [2.24, 2.45) is 0 Å². The maximum Gasteiger partial charge on any atom is 0.0985 e. The Balaban J connectivity index is 2.19. The number of hydrogen-bond acceptors (Lipinski definition) is 4. The van der Waals surface area contributed by atoms with E-state index in [0.717, 1.165) is 26.2 Å². The molecule has 1 aromatic rings. The molecule has 4 heteroatoms. The van der Waals surface area contributed by atoms with Crippen LogP contribution in [0.25, 0.3) is 0 Å². The summed E-state index contributed by atoms with van der Waals surface area (Å²) in [7, 11) is 0. The van der Waals surface area contributed by atoms with Gasteiger partial charge in [-0.2, -0.15) is 0 Å². The highest BCUT2D eigenvalue weighted by molar-refractivity contribution is 7.12. The summed E-state index contributed by atoms with van der Waals surface area (Å²) < 4.78 is 0. The molecule has 0 radical (unpaired) electrons. The normalized spacial score (nSPS) is 20.1. The quantitative estimate of drug-likeness (QED) is 0.893. The van der Waals surface area contributed by atoms with Crippen LogP contribution in [-0.2, 0) is 5.41 Å². The Labute approximate surface area is 115 Å². The van der Waals surface area contributed by atoms with E-state index in [1.54, 1.807) is 0 Å². The molecule has 1 aliphatic rings. The van der Waals surface area contributed by atoms with Gasteiger partial charge in [-0.05, 0) is 13.8 Å². The third-order valence-corrected chi connectivity index (χ3v) is 5.31. The highest BCUT2D eigenvalue weighted by Crippen LogP contribution is 2.34. The molecule has 0 aromatic carbocycles. The van der Waals surface area contributed by atoms with Gasteiger partial charge in [0.15, 0.2) is 0 Å². The zero-order valence-electron chi connectivity index (χ0n) is 12.2. The van der Waals surface area contributed by atoms with Gasteiger partial charge in [-0.3, -0.25) is 4.90 Å². The van der Waals surface area contributed by atoms with E-state index < -0.39 is 0 Å². The SMILES string of the molecule is Cc1nc(C(C)(C)C)sc1C(C)N1CCNCC1. The van der Waals surface area contributed by atoms with Gasteiger partial charge in [0.2, 0.25) is 0 Å². The summed E-state index contributed by atoms with van der Waals surface area (Å²) in [4.78, 5) is 8.78. The van der Waals surface area contributed by atoms with Crippen LogP contribution in [0.5, 0.6) is 0 Å². The lowest BCUT2D eigenvalue weighted by molar-refractivity contribution is 0.187. The zero-order chi connectivity index (χ0) is 13.3. The third kappa shape index (κ3) is 2.92. The van der Waals surface area contributed by atoms with E-state index in [-0.39, 0.29) is 5.41 Å². The summed E-state index contributed by atoms with van der Waals surface area (Å²) in [5.74, 6) is 0. The number of thiazole rings is 1. The fourth-order valence-electron chi connectivity index (χ4n) is 2.35. The molecule has 18 heavy (non-hydrogen) atoms. The number of piperazine rings is 1. The van der Waals surface area contributed by atoms with Crippen molar-refractivity contribution in [1.29, 1.82) is 0 Å². The smallest absolute Gasteiger partial charge is 0.0985 e. The zero-order valence-corrected chi connectivity index (χ0v) is 13.0. The number of aryl methyl sites for hydroxylation is 1. The second-order valence-corrected chi connectivity index (χ2v) is 7.21. The van der Waals surface area contributed by atoms with Crippen molar-refractivity contribution < 1.29 is 0 Å². The molecular weight excluding hydrogens is 242 g/mol. The van der Waals surface area contributed by atoms with Crippen molar-refractivity contribution in [2.45, 2.75) is 46.1 Å². The van der Waals surface area contributed by atoms with Crippen molar-refractivity contribution >= 4 is 11.3 Å². The van der Waals surface area contributed by atoms with Crippen LogP contribution in [0, 0.1) is 6.92 Å². The first-order valence-electron chi connectivity index (χ1n) is 6.82. The minimum Gasteiger partial charge on any atom is -0.314 e. The summed E-state index contributed by atoms with van der Waals surface area (Å²) >= 11 is 1.90. The molecule has 1 aliphatic heterocycles. The second kappa shape index (κ2) is 5.27. The average Bonchev–Trinajstić information content (AvgIpc) is 2.71. The maximum absolute atomic E-state index is 4.77. The molecule has 1 fully saturated rings. The molecular formula is C14H25N3S. The lowest BCUT2D eigenvalue weighted by Gasteiger charge is -2.32. The molecule has 0 amide bonds. The Bertz CT molecular complexity index is 400. The van der Waals surface area contributed by atoms with Crippen LogP contribution in [0.15, 0.2) is 0 Å². The number of aromatic nitrogens is 1. The van der Waals surface area contributed by atoms with Crippen LogP contribution in [-0.4, -0.2) is 36.1 Å². The van der Waals surface area contributed by atoms with E-state index in [2.05, 4.69) is 44.8 Å². The summed E-state index contributed by atoms with van der Waals surface area (Å²) in [5, 5.41) is 4.67. The van der Waals surface area contributed by atoms with Gasteiger partial charge < -0.3 is 5.32 Å². The van der Waals surface area contributed by atoms with Crippen LogP contribution in [0.4, 0.5) is 0 Å². The number of nitrogens with zero attached hydrogens (tertiary/aromatic N) is 2. The van der Waals surface area contributed by atoms with E-state index >= 15 is 0 Å². The van der Waals surface area contributed by atoms with Gasteiger partial charge in [-0.1, -0.05) is 20.8 Å². The Morgan fingerprint density at radius 3 is 2.39 bits per heavy atom. The second-order valence-electron chi connectivity index (χ2n) is 6.18. The van der Waals surface area contributed by atoms with Crippen LogP contribution in [0.3, 0.4) is 0 Å². The van der Waals surface area contributed by atoms with Crippen molar-refractivity contribution in [3.63, 3.8) is 0 Å². The molecule has 3 nitrogen and oxygen atoms in total. The number of rotatable bonds is 2. The predicted molar refractivity (Wildman–Crippen MR) is 78.4 cm³/mol. The molecule has 2 heterocycles. The largest absolute Gasteiger partial charge is 0.314 e. The van der Waals surface area contributed by atoms with Crippen molar-refractivity contribution in [3.8, 4) is 0 Å². The van der Waals surface area contributed by atoms with Gasteiger partial charge in [-0.15, -0.1) is 11.3 Å². The molecule has 102 valence electrons. The molecule has 0 aliphatic carbocycles. The molecule has 1 N–H and O–H groups in total. The Morgan fingerprint density at radius 2 is 1.89 bits per heavy atom. The molecule has 1 saturated heterocycles. The standard InChI is InChI=1S/C14H25N3S/c1-10-12(18-13(16-10)14(3,4)5)11(2)17-8-6-15-7-9-17/h11,15H,6-9H2,1-5H3. The van der Waals surface area contributed by atoms with Crippen LogP contribution in [0.2, 0.25) is 0 Å². The summed E-state index contributed by atoms with van der Waals surface area (Å²) in [6, 6.07) is 0.501. The highest BCUT2D eigenvalue weighted by atomic mass is 32.1. The first-order chi connectivity index (χ1) is 8.39. The lowest BCUT2D eigenvalue weighted by atomic mass is 9.98. The highest BCUT2D eigenvalue weighted by Gasteiger charge is 2.25. The van der Waals surface area contributed by atoms with E-state index in [1.807, 2.05) is 11.3 Å². The van der Waals surface area contributed by atoms with E-state index in [1.165, 1.54) is 15.6 Å². The van der Waals surface area contributed by atoms with Crippen molar-refractivity contribution in [3.05, 3.63) is 15.6 Å². The van der Waals surface area contributed by atoms with E-state index in [9.17, 15) is 0 Å². The topological polar surface area (TPSA) is 28.2 Å². The number of nitrogens with one attached hydrogen (secondary N) is 1. The Kier molecular flexibility index (Phi) is 4.09. The lowest BCUT2D eigenvalue weighted by Crippen LogP contribution is -2.44. The summed E-state index contributed by atoms with van der Waals surface area (Å²) in [6.07, 6.45) is 0. The van der Waals surface area contributed by atoms with E-state index in [4.69, 9.17) is 4.98 Å².